The summed E-state index contributed by atoms with van der Waals surface area (Å²) in [5.41, 5.74) is 3.17. The summed E-state index contributed by atoms with van der Waals surface area (Å²) in [4.78, 5) is 12.0. The summed E-state index contributed by atoms with van der Waals surface area (Å²) in [6.07, 6.45) is 0. The Kier molecular flexibility index (Phi) is 3.62. The number of nitrogens with two attached hydrogens (primary N) is 1. The number of carbonyl (C=O) groups excluding carboxylic acids is 1. The van der Waals surface area contributed by atoms with Crippen molar-refractivity contribution in [2.45, 2.75) is 5.72 Å². The molecule has 0 aliphatic carbocycles. The monoisotopic (exact) mass is 296 g/mol. The molecular formula is C16H16N4O2. The van der Waals surface area contributed by atoms with Gasteiger partial charge in [0.05, 0.1) is 0 Å². The first-order chi connectivity index (χ1) is 10.7. The van der Waals surface area contributed by atoms with E-state index in [2.05, 4.69) is 10.5 Å². The van der Waals surface area contributed by atoms with Gasteiger partial charge in [-0.1, -0.05) is 60.7 Å². The van der Waals surface area contributed by atoms with E-state index in [-0.39, 0.29) is 0 Å². The molecule has 0 radical (unpaired) electrons. The molecule has 1 aliphatic heterocycles. The number of nitrogens with zero attached hydrogens (tertiary/aromatic N) is 2. The molecule has 0 aromatic heterocycles. The Morgan fingerprint density at radius 1 is 1.09 bits per heavy atom. The van der Waals surface area contributed by atoms with Gasteiger partial charge in [0, 0.05) is 18.2 Å². The molecule has 22 heavy (non-hydrogen) atoms. The van der Waals surface area contributed by atoms with Crippen LogP contribution in [0.1, 0.15) is 11.1 Å². The highest BCUT2D eigenvalue weighted by molar-refractivity contribution is 6.09. The van der Waals surface area contributed by atoms with Crippen LogP contribution in [-0.2, 0) is 10.5 Å². The lowest BCUT2D eigenvalue weighted by Crippen LogP contribution is -2.64. The average Bonchev–Trinajstić information content (AvgIpc) is 2.59. The van der Waals surface area contributed by atoms with Crippen LogP contribution in [0.4, 0.5) is 4.79 Å². The van der Waals surface area contributed by atoms with Crippen molar-refractivity contribution in [1.82, 2.24) is 10.4 Å². The van der Waals surface area contributed by atoms with E-state index in [0.29, 0.717) is 5.71 Å². The molecule has 0 spiro atoms. The maximum Gasteiger partial charge on any atom is 0.355 e. The quantitative estimate of drug-likeness (QED) is 0.669. The second-order valence-corrected chi connectivity index (χ2v) is 4.83. The topological polar surface area (TPSA) is 80.0 Å². The van der Waals surface area contributed by atoms with E-state index in [9.17, 15) is 4.79 Å². The largest absolute Gasteiger partial charge is 0.355 e. The first-order valence-electron chi connectivity index (χ1n) is 6.79. The van der Waals surface area contributed by atoms with Crippen LogP contribution in [-0.4, -0.2) is 23.9 Å². The molecule has 3 rings (SSSR count). The lowest BCUT2D eigenvalue weighted by molar-refractivity contribution is -0.0684. The summed E-state index contributed by atoms with van der Waals surface area (Å²) in [5, 5.41) is 5.23. The van der Waals surface area contributed by atoms with Crippen LogP contribution < -0.4 is 11.3 Å². The molecule has 0 bridgehead atoms. The molecule has 6 heteroatoms. The number of amides is 2. The molecule has 0 saturated carbocycles. The standard InChI is InChI=1S/C16H16N4O2/c1-22-16(13-10-6-3-7-11-13)14(12-8-4-2-5-9-12)18-19-15(21)20(16)17/h2-11H,17H2,1H3,(H,19,21)/t16-/m1/s1. The third-order valence-electron chi connectivity index (χ3n) is 3.65. The number of carbonyl (C=O) groups is 1. The highest BCUT2D eigenvalue weighted by atomic mass is 16.5. The van der Waals surface area contributed by atoms with Gasteiger partial charge in [0.25, 0.3) is 0 Å². The highest BCUT2D eigenvalue weighted by Crippen LogP contribution is 2.33. The predicted octanol–water partition coefficient (Wildman–Crippen LogP) is 1.79. The van der Waals surface area contributed by atoms with Crippen molar-refractivity contribution in [2.24, 2.45) is 10.9 Å². The molecule has 1 atom stereocenters. The fourth-order valence-electron chi connectivity index (χ4n) is 2.60. The Hall–Kier alpha value is -2.70. The third kappa shape index (κ3) is 2.05. The van der Waals surface area contributed by atoms with Crippen LogP contribution in [0.2, 0.25) is 0 Å². The Morgan fingerprint density at radius 3 is 2.27 bits per heavy atom. The van der Waals surface area contributed by atoms with E-state index in [1.807, 2.05) is 60.7 Å². The molecule has 6 nitrogen and oxygen atoms in total. The summed E-state index contributed by atoms with van der Waals surface area (Å²) < 4.78 is 5.72. The number of hydrogen-bond acceptors (Lipinski definition) is 4. The van der Waals surface area contributed by atoms with E-state index < -0.39 is 11.8 Å². The molecule has 2 amide bonds. The fraction of sp³-hybridized carbons (Fsp3) is 0.125. The Balaban J connectivity index is 2.24. The molecule has 3 N–H and O–H groups in total. The molecule has 1 heterocycles. The average molecular weight is 296 g/mol. The summed E-state index contributed by atoms with van der Waals surface area (Å²) in [5.74, 6) is 6.04. The van der Waals surface area contributed by atoms with Gasteiger partial charge in [0.15, 0.2) is 0 Å². The van der Waals surface area contributed by atoms with Gasteiger partial charge >= 0.3 is 6.03 Å². The van der Waals surface area contributed by atoms with Gasteiger partial charge in [-0.2, -0.15) is 5.10 Å². The van der Waals surface area contributed by atoms with Gasteiger partial charge in [-0.15, -0.1) is 0 Å². The van der Waals surface area contributed by atoms with E-state index in [1.165, 1.54) is 7.11 Å². The second kappa shape index (κ2) is 5.59. The maximum atomic E-state index is 12.0. The van der Waals surface area contributed by atoms with Crippen molar-refractivity contribution in [3.8, 4) is 0 Å². The normalized spacial score (nSPS) is 21.3. The number of hydrazine groups is 1. The Labute approximate surface area is 128 Å². The number of rotatable bonds is 3. The van der Waals surface area contributed by atoms with Gasteiger partial charge in [0.1, 0.15) is 5.71 Å². The Bertz CT molecular complexity index is 703. The van der Waals surface area contributed by atoms with Crippen LogP contribution in [0.15, 0.2) is 65.8 Å². The number of benzene rings is 2. The maximum absolute atomic E-state index is 12.0. The SMILES string of the molecule is CO[C@]1(c2ccccc2)C(c2ccccc2)=NNC(=O)N1N. The van der Waals surface area contributed by atoms with Gasteiger partial charge in [-0.25, -0.2) is 21.1 Å². The zero-order chi connectivity index (χ0) is 15.6. The number of ether oxygens (including phenoxy) is 1. The lowest BCUT2D eigenvalue weighted by Gasteiger charge is -2.42. The minimum absolute atomic E-state index is 0.518. The molecule has 0 unspecified atom stereocenters. The van der Waals surface area contributed by atoms with E-state index in [4.69, 9.17) is 10.6 Å². The number of methoxy groups -OCH3 is 1. The molecular weight excluding hydrogens is 280 g/mol. The minimum atomic E-state index is -1.29. The zero-order valence-corrected chi connectivity index (χ0v) is 12.1. The van der Waals surface area contributed by atoms with Crippen LogP contribution in [0, 0.1) is 0 Å². The van der Waals surface area contributed by atoms with Crippen molar-refractivity contribution in [3.05, 3.63) is 71.8 Å². The van der Waals surface area contributed by atoms with Crippen LogP contribution in [0.25, 0.3) is 0 Å². The van der Waals surface area contributed by atoms with Crippen LogP contribution >= 0.6 is 0 Å². The van der Waals surface area contributed by atoms with Crippen molar-refractivity contribution in [2.75, 3.05) is 7.11 Å². The highest BCUT2D eigenvalue weighted by Gasteiger charge is 2.49. The smallest absolute Gasteiger partial charge is 0.348 e. The number of hydrazone groups is 1. The molecule has 1 aliphatic rings. The van der Waals surface area contributed by atoms with Crippen molar-refractivity contribution < 1.29 is 9.53 Å². The van der Waals surface area contributed by atoms with E-state index in [0.717, 1.165) is 16.1 Å². The summed E-state index contributed by atoms with van der Waals surface area (Å²) in [7, 11) is 1.50. The van der Waals surface area contributed by atoms with Gasteiger partial charge in [-0.3, -0.25) is 0 Å². The summed E-state index contributed by atoms with van der Waals surface area (Å²) in [6, 6.07) is 18.2. The second-order valence-electron chi connectivity index (χ2n) is 4.83. The zero-order valence-electron chi connectivity index (χ0n) is 12.1. The van der Waals surface area contributed by atoms with Gasteiger partial charge in [0.2, 0.25) is 5.72 Å². The minimum Gasteiger partial charge on any atom is -0.348 e. The molecule has 2 aromatic rings. The third-order valence-corrected chi connectivity index (χ3v) is 3.65. The molecule has 112 valence electrons. The number of urea groups is 1. The van der Waals surface area contributed by atoms with Crippen molar-refractivity contribution in [3.63, 3.8) is 0 Å². The lowest BCUT2D eigenvalue weighted by atomic mass is 9.91. The Morgan fingerprint density at radius 2 is 1.68 bits per heavy atom. The first kappa shape index (κ1) is 14.2. The fourth-order valence-corrected chi connectivity index (χ4v) is 2.60. The van der Waals surface area contributed by atoms with Crippen molar-refractivity contribution in [1.29, 1.82) is 0 Å². The summed E-state index contributed by atoms with van der Waals surface area (Å²) >= 11 is 0. The molecule has 2 aromatic carbocycles. The van der Waals surface area contributed by atoms with E-state index >= 15 is 0 Å². The van der Waals surface area contributed by atoms with Crippen LogP contribution in [0.3, 0.4) is 0 Å². The number of hydrogen-bond donors (Lipinski definition) is 2. The molecule has 0 fully saturated rings. The van der Waals surface area contributed by atoms with Gasteiger partial charge < -0.3 is 4.74 Å². The van der Waals surface area contributed by atoms with Crippen LogP contribution in [0.5, 0.6) is 0 Å². The van der Waals surface area contributed by atoms with Crippen molar-refractivity contribution >= 4 is 11.7 Å². The van der Waals surface area contributed by atoms with E-state index in [1.54, 1.807) is 0 Å². The molecule has 0 saturated heterocycles. The first-order valence-corrected chi connectivity index (χ1v) is 6.79. The predicted molar refractivity (Wildman–Crippen MR) is 82.7 cm³/mol. The van der Waals surface area contributed by atoms with Gasteiger partial charge in [-0.05, 0) is 0 Å². The number of nitrogens with one attached hydrogen (secondary N) is 1. The summed E-state index contributed by atoms with van der Waals surface area (Å²) in [6.45, 7) is 0.